The first kappa shape index (κ1) is 12.9. The van der Waals surface area contributed by atoms with Gasteiger partial charge in [-0.2, -0.15) is 0 Å². The van der Waals surface area contributed by atoms with Crippen LogP contribution in [-0.4, -0.2) is 10.9 Å². The number of hydrogen-bond acceptors (Lipinski definition) is 2. The molecule has 1 heterocycles. The van der Waals surface area contributed by atoms with Gasteiger partial charge in [0.25, 0.3) is 5.91 Å². The smallest absolute Gasteiger partial charge is 0.253 e. The Morgan fingerprint density at radius 2 is 2.15 bits per heavy atom. The molecule has 20 heavy (non-hydrogen) atoms. The molecule has 3 rings (SSSR count). The number of nitrogens with one attached hydrogen (secondary N) is 1. The summed E-state index contributed by atoms with van der Waals surface area (Å²) >= 11 is 0. The van der Waals surface area contributed by atoms with Gasteiger partial charge >= 0.3 is 0 Å². The number of rotatable bonds is 2. The SMILES string of the molecule is Cc1ccc2c(c1)CC[C@H]2NC(=O)c1cccnc1C. The Kier molecular flexibility index (Phi) is 3.26. The van der Waals surface area contributed by atoms with Crippen LogP contribution >= 0.6 is 0 Å². The largest absolute Gasteiger partial charge is 0.345 e. The maximum absolute atomic E-state index is 12.3. The summed E-state index contributed by atoms with van der Waals surface area (Å²) in [5, 5.41) is 3.13. The second-order valence-corrected chi connectivity index (χ2v) is 5.40. The molecule has 0 spiro atoms. The molecule has 2 aromatic rings. The Labute approximate surface area is 119 Å². The third kappa shape index (κ3) is 2.31. The van der Waals surface area contributed by atoms with E-state index in [1.807, 2.05) is 13.0 Å². The van der Waals surface area contributed by atoms with Crippen LogP contribution < -0.4 is 5.32 Å². The van der Waals surface area contributed by atoms with E-state index in [-0.39, 0.29) is 11.9 Å². The number of hydrogen-bond donors (Lipinski definition) is 1. The van der Waals surface area contributed by atoms with Crippen LogP contribution in [0.2, 0.25) is 0 Å². The van der Waals surface area contributed by atoms with Gasteiger partial charge in [0, 0.05) is 11.9 Å². The summed E-state index contributed by atoms with van der Waals surface area (Å²) in [5.74, 6) is -0.0333. The summed E-state index contributed by atoms with van der Waals surface area (Å²) in [5.41, 5.74) is 5.32. The summed E-state index contributed by atoms with van der Waals surface area (Å²) in [4.78, 5) is 16.5. The monoisotopic (exact) mass is 266 g/mol. The molecular weight excluding hydrogens is 248 g/mol. The first-order valence-corrected chi connectivity index (χ1v) is 6.97. The van der Waals surface area contributed by atoms with Crippen molar-refractivity contribution in [3.05, 3.63) is 64.5 Å². The molecule has 0 saturated heterocycles. The van der Waals surface area contributed by atoms with Crippen molar-refractivity contribution in [3.63, 3.8) is 0 Å². The number of nitrogens with zero attached hydrogens (tertiary/aromatic N) is 1. The Morgan fingerprint density at radius 1 is 1.30 bits per heavy atom. The minimum Gasteiger partial charge on any atom is -0.345 e. The van der Waals surface area contributed by atoms with E-state index in [9.17, 15) is 4.79 Å². The van der Waals surface area contributed by atoms with Gasteiger partial charge in [-0.25, -0.2) is 0 Å². The Morgan fingerprint density at radius 3 is 2.95 bits per heavy atom. The molecule has 0 saturated carbocycles. The molecule has 1 aromatic heterocycles. The maximum Gasteiger partial charge on any atom is 0.253 e. The minimum atomic E-state index is -0.0333. The standard InChI is InChI=1S/C17H18N2O/c1-11-5-7-15-13(10-11)6-8-16(15)19-17(20)14-4-3-9-18-12(14)2/h3-5,7,9-10,16H,6,8H2,1-2H3,(H,19,20)/t16-/m1/s1. The van der Waals surface area contributed by atoms with Crippen molar-refractivity contribution < 1.29 is 4.79 Å². The van der Waals surface area contributed by atoms with Crippen LogP contribution in [0.3, 0.4) is 0 Å². The summed E-state index contributed by atoms with van der Waals surface area (Å²) in [6, 6.07) is 10.2. The zero-order valence-corrected chi connectivity index (χ0v) is 11.8. The fourth-order valence-corrected chi connectivity index (χ4v) is 2.86. The maximum atomic E-state index is 12.3. The number of carbonyl (C=O) groups excluding carboxylic acids is 1. The van der Waals surface area contributed by atoms with E-state index in [1.165, 1.54) is 16.7 Å². The molecule has 0 bridgehead atoms. The zero-order chi connectivity index (χ0) is 14.1. The molecular formula is C17H18N2O. The molecule has 1 amide bonds. The zero-order valence-electron chi connectivity index (χ0n) is 11.8. The molecule has 0 fully saturated rings. The molecule has 0 aliphatic heterocycles. The first-order valence-electron chi connectivity index (χ1n) is 6.97. The molecule has 1 N–H and O–H groups in total. The van der Waals surface area contributed by atoms with Gasteiger partial charge in [-0.15, -0.1) is 0 Å². The second kappa shape index (κ2) is 5.08. The Balaban J connectivity index is 1.81. The lowest BCUT2D eigenvalue weighted by Gasteiger charge is -2.15. The predicted octanol–water partition coefficient (Wildman–Crippen LogP) is 3.12. The van der Waals surface area contributed by atoms with Gasteiger partial charge in [0.1, 0.15) is 0 Å². The van der Waals surface area contributed by atoms with Crippen molar-refractivity contribution >= 4 is 5.91 Å². The fourth-order valence-electron chi connectivity index (χ4n) is 2.86. The lowest BCUT2D eigenvalue weighted by Crippen LogP contribution is -2.27. The molecule has 1 aliphatic rings. The van der Waals surface area contributed by atoms with Crippen LogP contribution in [-0.2, 0) is 6.42 Å². The summed E-state index contributed by atoms with van der Waals surface area (Å²) in [6.07, 6.45) is 3.72. The molecule has 1 aromatic carbocycles. The van der Waals surface area contributed by atoms with Crippen molar-refractivity contribution in [2.45, 2.75) is 32.7 Å². The van der Waals surface area contributed by atoms with Crippen molar-refractivity contribution in [1.29, 1.82) is 0 Å². The molecule has 0 radical (unpaired) electrons. The van der Waals surface area contributed by atoms with E-state index in [0.717, 1.165) is 18.5 Å². The van der Waals surface area contributed by atoms with E-state index in [0.29, 0.717) is 5.56 Å². The normalized spacial score (nSPS) is 16.8. The average molecular weight is 266 g/mol. The highest BCUT2D eigenvalue weighted by molar-refractivity contribution is 5.95. The quantitative estimate of drug-likeness (QED) is 0.907. The number of aryl methyl sites for hydroxylation is 3. The fraction of sp³-hybridized carbons (Fsp3) is 0.294. The number of benzene rings is 1. The van der Waals surface area contributed by atoms with Gasteiger partial charge in [-0.1, -0.05) is 23.8 Å². The lowest BCUT2D eigenvalue weighted by molar-refractivity contribution is 0.0935. The first-order chi connectivity index (χ1) is 9.65. The highest BCUT2D eigenvalue weighted by Crippen LogP contribution is 2.31. The minimum absolute atomic E-state index is 0.0333. The van der Waals surface area contributed by atoms with Crippen LogP contribution in [0.4, 0.5) is 0 Å². The van der Waals surface area contributed by atoms with Crippen molar-refractivity contribution in [2.75, 3.05) is 0 Å². The van der Waals surface area contributed by atoms with Crippen LogP contribution in [0.25, 0.3) is 0 Å². The molecule has 3 nitrogen and oxygen atoms in total. The van der Waals surface area contributed by atoms with E-state index < -0.39 is 0 Å². The van der Waals surface area contributed by atoms with Gasteiger partial charge in [0.15, 0.2) is 0 Å². The second-order valence-electron chi connectivity index (χ2n) is 5.40. The van der Waals surface area contributed by atoms with Crippen molar-refractivity contribution in [1.82, 2.24) is 10.3 Å². The van der Waals surface area contributed by atoms with Crippen LogP contribution in [0, 0.1) is 13.8 Å². The van der Waals surface area contributed by atoms with Crippen molar-refractivity contribution in [2.24, 2.45) is 0 Å². The van der Waals surface area contributed by atoms with E-state index in [1.54, 1.807) is 12.3 Å². The lowest BCUT2D eigenvalue weighted by atomic mass is 10.0. The Bertz CT molecular complexity index is 664. The number of amides is 1. The van der Waals surface area contributed by atoms with Gasteiger partial charge in [-0.05, 0) is 49.9 Å². The van der Waals surface area contributed by atoms with E-state index in [2.05, 4.69) is 35.4 Å². The molecule has 0 unspecified atom stereocenters. The molecule has 1 atom stereocenters. The predicted molar refractivity (Wildman–Crippen MR) is 78.7 cm³/mol. The highest BCUT2D eigenvalue weighted by atomic mass is 16.1. The van der Waals surface area contributed by atoms with Gasteiger partial charge < -0.3 is 5.32 Å². The van der Waals surface area contributed by atoms with Crippen LogP contribution in [0.5, 0.6) is 0 Å². The number of pyridine rings is 1. The van der Waals surface area contributed by atoms with Crippen LogP contribution in [0.1, 0.15) is 45.2 Å². The topological polar surface area (TPSA) is 42.0 Å². The van der Waals surface area contributed by atoms with Crippen LogP contribution in [0.15, 0.2) is 36.5 Å². The number of aromatic nitrogens is 1. The number of carbonyl (C=O) groups is 1. The number of fused-ring (bicyclic) bond motifs is 1. The molecule has 1 aliphatic carbocycles. The van der Waals surface area contributed by atoms with E-state index in [4.69, 9.17) is 0 Å². The highest BCUT2D eigenvalue weighted by Gasteiger charge is 2.24. The summed E-state index contributed by atoms with van der Waals surface area (Å²) in [6.45, 7) is 3.96. The third-order valence-electron chi connectivity index (χ3n) is 3.93. The van der Waals surface area contributed by atoms with E-state index >= 15 is 0 Å². The molecule has 3 heteroatoms. The summed E-state index contributed by atoms with van der Waals surface area (Å²) < 4.78 is 0. The summed E-state index contributed by atoms with van der Waals surface area (Å²) in [7, 11) is 0. The average Bonchev–Trinajstić information content (AvgIpc) is 2.81. The van der Waals surface area contributed by atoms with Crippen molar-refractivity contribution in [3.8, 4) is 0 Å². The van der Waals surface area contributed by atoms with Gasteiger partial charge in [0.05, 0.1) is 11.6 Å². The third-order valence-corrected chi connectivity index (χ3v) is 3.93. The molecule has 102 valence electrons. The van der Waals surface area contributed by atoms with Gasteiger partial charge in [0.2, 0.25) is 0 Å². The Hall–Kier alpha value is -2.16. The van der Waals surface area contributed by atoms with Gasteiger partial charge in [-0.3, -0.25) is 9.78 Å².